The maximum atomic E-state index is 12.6. The summed E-state index contributed by atoms with van der Waals surface area (Å²) in [6, 6.07) is 16.5. The highest BCUT2D eigenvalue weighted by Crippen LogP contribution is 2.28. The van der Waals surface area contributed by atoms with Crippen LogP contribution in [0.15, 0.2) is 54.6 Å². The third kappa shape index (κ3) is 3.48. The first-order valence-electron chi connectivity index (χ1n) is 8.19. The quantitative estimate of drug-likeness (QED) is 0.625. The summed E-state index contributed by atoms with van der Waals surface area (Å²) in [6.45, 7) is 5.13. The van der Waals surface area contributed by atoms with Crippen LogP contribution in [0.4, 0.5) is 0 Å². The monoisotopic (exact) mass is 323 g/mol. The minimum Gasteiger partial charge on any atom is -0.457 e. The second-order valence-electron chi connectivity index (χ2n) is 6.37. The van der Waals surface area contributed by atoms with Crippen LogP contribution >= 0.6 is 0 Å². The lowest BCUT2D eigenvalue weighted by atomic mass is 10.1. The lowest BCUT2D eigenvalue weighted by Gasteiger charge is -2.12. The topological polar surface area (TPSA) is 46.4 Å². The normalized spacial score (nSPS) is 16.1. The Hall–Kier alpha value is -2.62. The van der Waals surface area contributed by atoms with Crippen molar-refractivity contribution in [2.45, 2.75) is 26.5 Å². The van der Waals surface area contributed by atoms with E-state index in [0.29, 0.717) is 23.1 Å². The molecule has 3 rings (SSSR count). The summed E-state index contributed by atoms with van der Waals surface area (Å²) in [5.41, 5.74) is 1.86. The van der Waals surface area contributed by atoms with Gasteiger partial charge >= 0.3 is 5.97 Å². The van der Waals surface area contributed by atoms with Crippen molar-refractivity contribution in [3.8, 4) is 0 Å². The van der Waals surface area contributed by atoms with Gasteiger partial charge in [0.1, 0.15) is 6.61 Å². The molecule has 124 valence electrons. The molecule has 0 saturated carbocycles. The van der Waals surface area contributed by atoms with Gasteiger partial charge in [-0.25, -0.2) is 4.79 Å². The van der Waals surface area contributed by atoms with Crippen LogP contribution in [0, 0.1) is 5.92 Å². The molecule has 0 bridgehead atoms. The first-order valence-corrected chi connectivity index (χ1v) is 8.19. The van der Waals surface area contributed by atoms with E-state index in [9.17, 15) is 9.59 Å². The van der Waals surface area contributed by atoms with E-state index in [0.717, 1.165) is 12.1 Å². The molecule has 0 spiro atoms. The van der Waals surface area contributed by atoms with Crippen molar-refractivity contribution in [1.82, 2.24) is 4.90 Å². The largest absolute Gasteiger partial charge is 0.457 e. The van der Waals surface area contributed by atoms with E-state index < -0.39 is 0 Å². The third-order valence-electron chi connectivity index (χ3n) is 4.30. The summed E-state index contributed by atoms with van der Waals surface area (Å²) >= 11 is 0. The number of esters is 1. The number of amides is 1. The molecule has 1 fully saturated rings. The van der Waals surface area contributed by atoms with E-state index in [2.05, 4.69) is 13.8 Å². The van der Waals surface area contributed by atoms with Gasteiger partial charge in [0.05, 0.1) is 11.6 Å². The van der Waals surface area contributed by atoms with Gasteiger partial charge < -0.3 is 9.64 Å². The van der Waals surface area contributed by atoms with Crippen LogP contribution in [-0.2, 0) is 11.3 Å². The Morgan fingerprint density at radius 1 is 1.08 bits per heavy atom. The highest BCUT2D eigenvalue weighted by Gasteiger charge is 2.41. The number of rotatable bonds is 5. The SMILES string of the molecule is CC(C)[C@H]1CN1C(=O)c1ccccc1COC(=O)c1ccccc1. The molecule has 0 aromatic heterocycles. The zero-order chi connectivity index (χ0) is 17.1. The van der Waals surface area contributed by atoms with Crippen LogP contribution in [0.3, 0.4) is 0 Å². The van der Waals surface area contributed by atoms with Crippen molar-refractivity contribution < 1.29 is 14.3 Å². The summed E-state index contributed by atoms with van der Waals surface area (Å²) in [5.74, 6) is 0.0849. The molecule has 0 N–H and O–H groups in total. The molecule has 0 radical (unpaired) electrons. The first-order chi connectivity index (χ1) is 11.6. The fourth-order valence-electron chi connectivity index (χ4n) is 2.77. The van der Waals surface area contributed by atoms with Crippen molar-refractivity contribution in [3.05, 3.63) is 71.3 Å². The molecule has 1 atom stereocenters. The minimum atomic E-state index is -0.385. The predicted octanol–water partition coefficient (Wildman–Crippen LogP) is 3.52. The molecule has 4 heteroatoms. The summed E-state index contributed by atoms with van der Waals surface area (Å²) < 4.78 is 5.37. The second-order valence-corrected chi connectivity index (χ2v) is 6.37. The smallest absolute Gasteiger partial charge is 0.338 e. The Balaban J connectivity index is 1.69. The van der Waals surface area contributed by atoms with Gasteiger partial charge in [-0.2, -0.15) is 0 Å². The molecule has 2 aromatic rings. The van der Waals surface area contributed by atoms with Gasteiger partial charge in [0, 0.05) is 17.7 Å². The van der Waals surface area contributed by atoms with Crippen molar-refractivity contribution in [2.24, 2.45) is 5.92 Å². The summed E-state index contributed by atoms with van der Waals surface area (Å²) in [7, 11) is 0. The summed E-state index contributed by atoms with van der Waals surface area (Å²) in [4.78, 5) is 26.6. The standard InChI is InChI=1S/C20H21NO3/c1-14(2)18-12-21(18)19(22)17-11-7-6-10-16(17)13-24-20(23)15-8-4-3-5-9-15/h3-11,14,18H,12-13H2,1-2H3/t18-,21?/m1/s1. The van der Waals surface area contributed by atoms with E-state index in [4.69, 9.17) is 4.74 Å². The zero-order valence-electron chi connectivity index (χ0n) is 13.9. The van der Waals surface area contributed by atoms with Gasteiger partial charge in [0.25, 0.3) is 5.91 Å². The predicted molar refractivity (Wildman–Crippen MR) is 91.7 cm³/mol. The van der Waals surface area contributed by atoms with Crippen molar-refractivity contribution in [1.29, 1.82) is 0 Å². The van der Waals surface area contributed by atoms with Gasteiger partial charge in [0.15, 0.2) is 0 Å². The Kier molecular flexibility index (Phi) is 4.65. The molecular weight excluding hydrogens is 302 g/mol. The number of hydrogen-bond donors (Lipinski definition) is 0. The van der Waals surface area contributed by atoms with Crippen LogP contribution in [0.25, 0.3) is 0 Å². The maximum absolute atomic E-state index is 12.6. The maximum Gasteiger partial charge on any atom is 0.338 e. The van der Waals surface area contributed by atoms with Crippen molar-refractivity contribution in [2.75, 3.05) is 6.54 Å². The van der Waals surface area contributed by atoms with Crippen molar-refractivity contribution in [3.63, 3.8) is 0 Å². The Bertz CT molecular complexity index is 740. The van der Waals surface area contributed by atoms with Crippen LogP contribution in [0.5, 0.6) is 0 Å². The second kappa shape index (κ2) is 6.87. The molecule has 24 heavy (non-hydrogen) atoms. The first kappa shape index (κ1) is 16.2. The molecule has 1 aliphatic heterocycles. The molecule has 2 aromatic carbocycles. The van der Waals surface area contributed by atoms with Gasteiger partial charge in [-0.05, 0) is 24.1 Å². The molecule has 4 nitrogen and oxygen atoms in total. The fourth-order valence-corrected chi connectivity index (χ4v) is 2.77. The van der Waals surface area contributed by atoms with E-state index in [1.165, 1.54) is 0 Å². The highest BCUT2D eigenvalue weighted by molar-refractivity contribution is 5.97. The number of carbonyl (C=O) groups is 2. The van der Waals surface area contributed by atoms with E-state index in [-0.39, 0.29) is 18.5 Å². The lowest BCUT2D eigenvalue weighted by Crippen LogP contribution is -2.18. The third-order valence-corrected chi connectivity index (χ3v) is 4.30. The van der Waals surface area contributed by atoms with E-state index >= 15 is 0 Å². The molecule has 0 aliphatic carbocycles. The molecule has 1 aliphatic rings. The number of ether oxygens (including phenoxy) is 1. The fraction of sp³-hybridized carbons (Fsp3) is 0.300. The number of nitrogens with zero attached hydrogens (tertiary/aromatic N) is 1. The zero-order valence-corrected chi connectivity index (χ0v) is 13.9. The Morgan fingerprint density at radius 2 is 1.75 bits per heavy atom. The molecule has 1 heterocycles. The molecular formula is C20H21NO3. The Labute approximate surface area is 142 Å². The van der Waals surface area contributed by atoms with Gasteiger partial charge in [-0.3, -0.25) is 4.79 Å². The van der Waals surface area contributed by atoms with Crippen LogP contribution in [0.2, 0.25) is 0 Å². The average Bonchev–Trinajstić information content (AvgIpc) is 3.41. The van der Waals surface area contributed by atoms with Gasteiger partial charge in [0.2, 0.25) is 0 Å². The molecule has 1 saturated heterocycles. The molecule has 0 unspecified atom stereocenters. The van der Waals surface area contributed by atoms with E-state index in [1.54, 1.807) is 30.3 Å². The number of carbonyl (C=O) groups excluding carboxylic acids is 2. The Morgan fingerprint density at radius 3 is 2.42 bits per heavy atom. The van der Waals surface area contributed by atoms with Crippen LogP contribution in [0.1, 0.15) is 40.1 Å². The summed E-state index contributed by atoms with van der Waals surface area (Å²) in [5, 5.41) is 0. The average molecular weight is 323 g/mol. The van der Waals surface area contributed by atoms with Gasteiger partial charge in [-0.1, -0.05) is 50.2 Å². The summed E-state index contributed by atoms with van der Waals surface area (Å²) in [6.07, 6.45) is 0. The van der Waals surface area contributed by atoms with Crippen LogP contribution < -0.4 is 0 Å². The lowest BCUT2D eigenvalue weighted by molar-refractivity contribution is 0.0469. The molecule has 1 amide bonds. The van der Waals surface area contributed by atoms with Gasteiger partial charge in [-0.15, -0.1) is 0 Å². The minimum absolute atomic E-state index is 0.0139. The van der Waals surface area contributed by atoms with Crippen molar-refractivity contribution >= 4 is 11.9 Å². The highest BCUT2D eigenvalue weighted by atomic mass is 16.5. The van der Waals surface area contributed by atoms with E-state index in [1.807, 2.05) is 29.2 Å². The van der Waals surface area contributed by atoms with Crippen LogP contribution in [-0.4, -0.2) is 29.4 Å². The number of benzene rings is 2. The number of hydrogen-bond acceptors (Lipinski definition) is 3.